The molecule has 0 aromatic rings. The Morgan fingerprint density at radius 1 is 1.29 bits per heavy atom. The van der Waals surface area contributed by atoms with Crippen LogP contribution in [0.1, 0.15) is 34.1 Å². The van der Waals surface area contributed by atoms with Crippen LogP contribution in [0.3, 0.4) is 0 Å². The van der Waals surface area contributed by atoms with Gasteiger partial charge in [0.25, 0.3) is 0 Å². The molecular weight excluding hydrogens is 220 g/mol. The fraction of sp³-hybridized carbons (Fsp3) is 0.833. The molecule has 0 unspecified atom stereocenters. The molecule has 0 rings (SSSR count). The summed E-state index contributed by atoms with van der Waals surface area (Å²) >= 11 is 0. The standard InChI is InChI=1S/C12H24N2O3/c1-10(15)14(12(2,3)4)9-11(16)13-7-6-8-17-5/h6-9H2,1-5H3,(H,13,16). The Kier molecular flexibility index (Phi) is 6.80. The summed E-state index contributed by atoms with van der Waals surface area (Å²) in [5.41, 5.74) is -0.338. The Morgan fingerprint density at radius 2 is 1.88 bits per heavy atom. The van der Waals surface area contributed by atoms with E-state index in [0.29, 0.717) is 13.2 Å². The Bertz CT molecular complexity index is 259. The van der Waals surface area contributed by atoms with Crippen LogP contribution >= 0.6 is 0 Å². The Balaban J connectivity index is 4.11. The number of ether oxygens (including phenoxy) is 1. The van der Waals surface area contributed by atoms with E-state index in [1.807, 2.05) is 20.8 Å². The van der Waals surface area contributed by atoms with Gasteiger partial charge in [-0.05, 0) is 27.2 Å². The summed E-state index contributed by atoms with van der Waals surface area (Å²) < 4.78 is 4.88. The second kappa shape index (κ2) is 7.27. The van der Waals surface area contributed by atoms with E-state index < -0.39 is 0 Å². The predicted molar refractivity (Wildman–Crippen MR) is 66.6 cm³/mol. The third kappa shape index (κ3) is 6.94. The maximum Gasteiger partial charge on any atom is 0.239 e. The van der Waals surface area contributed by atoms with E-state index in [9.17, 15) is 9.59 Å². The van der Waals surface area contributed by atoms with Crippen LogP contribution in [0.5, 0.6) is 0 Å². The van der Waals surface area contributed by atoms with Gasteiger partial charge in [0.05, 0.1) is 0 Å². The summed E-state index contributed by atoms with van der Waals surface area (Å²) in [5.74, 6) is -0.226. The van der Waals surface area contributed by atoms with Gasteiger partial charge in [0, 0.05) is 32.7 Å². The number of carbonyl (C=O) groups is 2. The molecule has 1 N–H and O–H groups in total. The van der Waals surface area contributed by atoms with Gasteiger partial charge in [0.1, 0.15) is 6.54 Å². The molecule has 0 fully saturated rings. The van der Waals surface area contributed by atoms with Crippen LogP contribution < -0.4 is 5.32 Å². The van der Waals surface area contributed by atoms with Crippen molar-refractivity contribution in [2.75, 3.05) is 26.8 Å². The van der Waals surface area contributed by atoms with Crippen LogP contribution in [0.2, 0.25) is 0 Å². The van der Waals surface area contributed by atoms with Gasteiger partial charge in [-0.15, -0.1) is 0 Å². The van der Waals surface area contributed by atoms with E-state index in [-0.39, 0.29) is 23.9 Å². The highest BCUT2D eigenvalue weighted by Crippen LogP contribution is 2.12. The summed E-state index contributed by atoms with van der Waals surface area (Å²) in [5, 5.41) is 2.76. The summed E-state index contributed by atoms with van der Waals surface area (Å²) in [4.78, 5) is 24.6. The number of hydrogen-bond donors (Lipinski definition) is 1. The molecule has 0 heterocycles. The minimum absolute atomic E-state index is 0.0930. The first-order chi connectivity index (χ1) is 7.79. The lowest BCUT2D eigenvalue weighted by Gasteiger charge is -2.34. The van der Waals surface area contributed by atoms with Gasteiger partial charge in [-0.25, -0.2) is 0 Å². The van der Waals surface area contributed by atoms with Crippen LogP contribution in [0.15, 0.2) is 0 Å². The van der Waals surface area contributed by atoms with Crippen LogP contribution in [0, 0.1) is 0 Å². The summed E-state index contributed by atoms with van der Waals surface area (Å²) in [6.45, 7) is 8.50. The number of hydrogen-bond acceptors (Lipinski definition) is 3. The normalized spacial score (nSPS) is 11.1. The fourth-order valence-corrected chi connectivity index (χ4v) is 1.46. The third-order valence-corrected chi connectivity index (χ3v) is 2.34. The largest absolute Gasteiger partial charge is 0.385 e. The van der Waals surface area contributed by atoms with E-state index in [1.165, 1.54) is 6.92 Å². The lowest BCUT2D eigenvalue weighted by molar-refractivity contribution is -0.138. The lowest BCUT2D eigenvalue weighted by Crippen LogP contribution is -2.49. The molecule has 0 atom stereocenters. The average molecular weight is 244 g/mol. The minimum Gasteiger partial charge on any atom is -0.385 e. The zero-order valence-electron chi connectivity index (χ0n) is 11.5. The van der Waals surface area contributed by atoms with Gasteiger partial charge >= 0.3 is 0 Å². The Morgan fingerprint density at radius 3 is 2.29 bits per heavy atom. The van der Waals surface area contributed by atoms with Gasteiger partial charge in [-0.2, -0.15) is 0 Å². The fourth-order valence-electron chi connectivity index (χ4n) is 1.46. The molecule has 0 aliphatic carbocycles. The highest BCUT2D eigenvalue weighted by molar-refractivity contribution is 5.84. The molecule has 0 saturated heterocycles. The van der Waals surface area contributed by atoms with Crippen LogP contribution in [0.25, 0.3) is 0 Å². The van der Waals surface area contributed by atoms with Gasteiger partial charge in [0.15, 0.2) is 0 Å². The smallest absolute Gasteiger partial charge is 0.239 e. The monoisotopic (exact) mass is 244 g/mol. The quantitative estimate of drug-likeness (QED) is 0.703. The van der Waals surface area contributed by atoms with Gasteiger partial charge in [-0.3, -0.25) is 9.59 Å². The van der Waals surface area contributed by atoms with Crippen molar-refractivity contribution in [3.63, 3.8) is 0 Å². The molecule has 2 amide bonds. The first kappa shape index (κ1) is 15.9. The molecule has 0 aliphatic rings. The van der Waals surface area contributed by atoms with E-state index in [4.69, 9.17) is 4.74 Å². The average Bonchev–Trinajstić information content (AvgIpc) is 2.19. The van der Waals surface area contributed by atoms with Crippen molar-refractivity contribution in [1.29, 1.82) is 0 Å². The second-order valence-corrected chi connectivity index (χ2v) is 4.97. The molecule has 0 radical (unpaired) electrons. The topological polar surface area (TPSA) is 58.6 Å². The minimum atomic E-state index is -0.338. The zero-order valence-corrected chi connectivity index (χ0v) is 11.5. The number of amides is 2. The van der Waals surface area contributed by atoms with Crippen molar-refractivity contribution in [3.8, 4) is 0 Å². The number of rotatable bonds is 6. The molecule has 0 spiro atoms. The van der Waals surface area contributed by atoms with Crippen molar-refractivity contribution in [3.05, 3.63) is 0 Å². The molecule has 17 heavy (non-hydrogen) atoms. The first-order valence-corrected chi connectivity index (χ1v) is 5.83. The Hall–Kier alpha value is -1.10. The second-order valence-electron chi connectivity index (χ2n) is 4.97. The van der Waals surface area contributed by atoms with Crippen molar-refractivity contribution >= 4 is 11.8 Å². The molecular formula is C12H24N2O3. The van der Waals surface area contributed by atoms with Crippen molar-refractivity contribution in [2.24, 2.45) is 0 Å². The number of nitrogens with zero attached hydrogens (tertiary/aromatic N) is 1. The van der Waals surface area contributed by atoms with E-state index >= 15 is 0 Å². The number of carbonyl (C=O) groups excluding carboxylic acids is 2. The van der Waals surface area contributed by atoms with Gasteiger partial charge < -0.3 is 15.0 Å². The number of nitrogens with one attached hydrogen (secondary N) is 1. The van der Waals surface area contributed by atoms with Crippen molar-refractivity contribution in [2.45, 2.75) is 39.7 Å². The maximum atomic E-state index is 11.6. The van der Waals surface area contributed by atoms with E-state index in [0.717, 1.165) is 6.42 Å². The summed E-state index contributed by atoms with van der Waals surface area (Å²) in [6, 6.07) is 0. The predicted octanol–water partition coefficient (Wildman–Crippen LogP) is 0.786. The molecule has 0 bridgehead atoms. The van der Waals surface area contributed by atoms with Crippen LogP contribution in [-0.2, 0) is 14.3 Å². The van der Waals surface area contributed by atoms with Gasteiger partial charge in [-0.1, -0.05) is 0 Å². The highest BCUT2D eigenvalue weighted by Gasteiger charge is 2.25. The van der Waals surface area contributed by atoms with Crippen molar-refractivity contribution < 1.29 is 14.3 Å². The number of methoxy groups -OCH3 is 1. The molecule has 0 aromatic heterocycles. The molecule has 0 aliphatic heterocycles. The molecule has 5 nitrogen and oxygen atoms in total. The Labute approximate surface area is 103 Å². The van der Waals surface area contributed by atoms with Gasteiger partial charge in [0.2, 0.25) is 11.8 Å². The molecule has 5 heteroatoms. The van der Waals surface area contributed by atoms with Crippen molar-refractivity contribution in [1.82, 2.24) is 10.2 Å². The first-order valence-electron chi connectivity index (χ1n) is 5.83. The molecule has 0 aromatic carbocycles. The zero-order chi connectivity index (χ0) is 13.5. The van der Waals surface area contributed by atoms with E-state index in [1.54, 1.807) is 12.0 Å². The maximum absolute atomic E-state index is 11.6. The summed E-state index contributed by atoms with van der Waals surface area (Å²) in [6.07, 6.45) is 0.776. The molecule has 100 valence electrons. The lowest BCUT2D eigenvalue weighted by atomic mass is 10.1. The SMILES string of the molecule is COCCCNC(=O)CN(C(C)=O)C(C)(C)C. The third-order valence-electron chi connectivity index (χ3n) is 2.34. The van der Waals surface area contributed by atoms with Crippen LogP contribution in [0.4, 0.5) is 0 Å². The van der Waals surface area contributed by atoms with Crippen LogP contribution in [-0.4, -0.2) is 49.1 Å². The molecule has 0 saturated carbocycles. The highest BCUT2D eigenvalue weighted by atomic mass is 16.5. The summed E-state index contributed by atoms with van der Waals surface area (Å²) in [7, 11) is 1.62. The van der Waals surface area contributed by atoms with E-state index in [2.05, 4.69) is 5.32 Å².